The molecule has 0 aromatic heterocycles. The van der Waals surface area contributed by atoms with Crippen molar-refractivity contribution in [3.05, 3.63) is 0 Å². The zero-order valence-corrected chi connectivity index (χ0v) is 11.7. The minimum absolute atomic E-state index is 0.264. The van der Waals surface area contributed by atoms with Crippen LogP contribution in [-0.4, -0.2) is 25.2 Å². The molecule has 0 aliphatic rings. The van der Waals surface area contributed by atoms with Gasteiger partial charge in [0.25, 0.3) is 0 Å². The highest BCUT2D eigenvalue weighted by atomic mass is 16.6. The van der Waals surface area contributed by atoms with Crippen LogP contribution in [0, 0.1) is 0 Å². The molecular formula is C14H26O4. The van der Waals surface area contributed by atoms with E-state index in [1.165, 1.54) is 0 Å². The Balaban J connectivity index is 3.41. The summed E-state index contributed by atoms with van der Waals surface area (Å²) in [6.07, 6.45) is 6.94. The summed E-state index contributed by atoms with van der Waals surface area (Å²) in [6.45, 7) is 5.01. The normalized spacial score (nSPS) is 10.1. The van der Waals surface area contributed by atoms with Gasteiger partial charge >= 0.3 is 11.9 Å². The first-order valence-electron chi connectivity index (χ1n) is 7.02. The third-order valence-electron chi connectivity index (χ3n) is 2.56. The van der Waals surface area contributed by atoms with Crippen LogP contribution in [0.15, 0.2) is 0 Å². The smallest absolute Gasteiger partial charge is 0.317 e. The molecule has 0 unspecified atom stereocenters. The lowest BCUT2D eigenvalue weighted by Gasteiger charge is -2.05. The maximum Gasteiger partial charge on any atom is 0.317 e. The number of rotatable bonds is 11. The molecule has 0 rings (SSSR count). The van der Waals surface area contributed by atoms with Gasteiger partial charge in [-0.25, -0.2) is 0 Å². The molecule has 0 saturated heterocycles. The standard InChI is InChI=1S/C14H26O4/c1-3-5-7-9-11-18-14(16)12-13(15)17-10-8-6-4-2/h3-12H2,1-2H3. The van der Waals surface area contributed by atoms with Crippen molar-refractivity contribution in [3.63, 3.8) is 0 Å². The Bertz CT molecular complexity index is 226. The average Bonchev–Trinajstić information content (AvgIpc) is 2.34. The summed E-state index contributed by atoms with van der Waals surface area (Å²) >= 11 is 0. The third-order valence-corrected chi connectivity index (χ3v) is 2.56. The Morgan fingerprint density at radius 1 is 0.722 bits per heavy atom. The second-order valence-corrected chi connectivity index (χ2v) is 4.39. The van der Waals surface area contributed by atoms with Crippen molar-refractivity contribution in [1.82, 2.24) is 0 Å². The molecule has 0 aliphatic carbocycles. The van der Waals surface area contributed by atoms with Crippen molar-refractivity contribution < 1.29 is 19.1 Å². The van der Waals surface area contributed by atoms with Gasteiger partial charge in [-0.15, -0.1) is 0 Å². The largest absolute Gasteiger partial charge is 0.465 e. The predicted molar refractivity (Wildman–Crippen MR) is 70.2 cm³/mol. The van der Waals surface area contributed by atoms with Gasteiger partial charge in [-0.2, -0.15) is 0 Å². The molecule has 4 nitrogen and oxygen atoms in total. The van der Waals surface area contributed by atoms with E-state index in [1.807, 2.05) is 0 Å². The van der Waals surface area contributed by atoms with Gasteiger partial charge in [0.2, 0.25) is 0 Å². The Morgan fingerprint density at radius 2 is 1.17 bits per heavy atom. The maximum atomic E-state index is 11.3. The van der Waals surface area contributed by atoms with Gasteiger partial charge in [0.05, 0.1) is 13.2 Å². The molecule has 0 amide bonds. The highest BCUT2D eigenvalue weighted by molar-refractivity contribution is 5.91. The Labute approximate surface area is 110 Å². The Morgan fingerprint density at radius 3 is 1.67 bits per heavy atom. The highest BCUT2D eigenvalue weighted by Crippen LogP contribution is 2.01. The first-order valence-corrected chi connectivity index (χ1v) is 7.02. The third kappa shape index (κ3) is 11.4. The molecule has 0 spiro atoms. The van der Waals surface area contributed by atoms with Crippen LogP contribution in [0.2, 0.25) is 0 Å². The van der Waals surface area contributed by atoms with E-state index in [-0.39, 0.29) is 6.42 Å². The number of carbonyl (C=O) groups excluding carboxylic acids is 2. The Hall–Kier alpha value is -1.06. The molecule has 0 atom stereocenters. The van der Waals surface area contributed by atoms with Gasteiger partial charge in [-0.05, 0) is 12.8 Å². The molecule has 0 heterocycles. The summed E-state index contributed by atoms with van der Waals surface area (Å²) in [4.78, 5) is 22.5. The van der Waals surface area contributed by atoms with Crippen molar-refractivity contribution in [3.8, 4) is 0 Å². The number of esters is 2. The summed E-state index contributed by atoms with van der Waals surface area (Å²) in [6, 6.07) is 0. The number of unbranched alkanes of at least 4 members (excludes halogenated alkanes) is 5. The summed E-state index contributed by atoms with van der Waals surface area (Å²) in [5.41, 5.74) is 0. The lowest BCUT2D eigenvalue weighted by Crippen LogP contribution is -2.15. The zero-order chi connectivity index (χ0) is 13.6. The van der Waals surface area contributed by atoms with E-state index in [4.69, 9.17) is 9.47 Å². The van der Waals surface area contributed by atoms with E-state index in [1.54, 1.807) is 0 Å². The monoisotopic (exact) mass is 258 g/mol. The minimum atomic E-state index is -0.482. The first kappa shape index (κ1) is 16.9. The Kier molecular flexibility index (Phi) is 11.7. The summed E-state index contributed by atoms with van der Waals surface area (Å²) in [5, 5.41) is 0. The first-order chi connectivity index (χ1) is 8.70. The van der Waals surface area contributed by atoms with Crippen LogP contribution < -0.4 is 0 Å². The summed E-state index contributed by atoms with van der Waals surface area (Å²) in [7, 11) is 0. The van der Waals surface area contributed by atoms with Gasteiger partial charge in [-0.1, -0.05) is 46.0 Å². The molecule has 4 heteroatoms. The molecule has 0 N–H and O–H groups in total. The molecule has 0 fully saturated rings. The quantitative estimate of drug-likeness (QED) is 0.324. The van der Waals surface area contributed by atoms with Gasteiger partial charge in [-0.3, -0.25) is 9.59 Å². The van der Waals surface area contributed by atoms with Crippen LogP contribution in [0.3, 0.4) is 0 Å². The number of carbonyl (C=O) groups is 2. The maximum absolute atomic E-state index is 11.3. The molecule has 106 valence electrons. The SMILES string of the molecule is CCCCCCOC(=O)CC(=O)OCCCCC. The van der Waals surface area contributed by atoms with Crippen molar-refractivity contribution in [1.29, 1.82) is 0 Å². The highest BCUT2D eigenvalue weighted by Gasteiger charge is 2.11. The molecule has 0 aliphatic heterocycles. The van der Waals surface area contributed by atoms with E-state index in [0.29, 0.717) is 13.2 Å². The predicted octanol–water partition coefficient (Wildman–Crippen LogP) is 3.23. The van der Waals surface area contributed by atoms with E-state index in [9.17, 15) is 9.59 Å². The van der Waals surface area contributed by atoms with Gasteiger partial charge in [0.1, 0.15) is 6.42 Å². The topological polar surface area (TPSA) is 52.6 Å². The minimum Gasteiger partial charge on any atom is -0.465 e. The fourth-order valence-electron chi connectivity index (χ4n) is 1.47. The van der Waals surface area contributed by atoms with Crippen LogP contribution in [0.4, 0.5) is 0 Å². The fraction of sp³-hybridized carbons (Fsp3) is 0.857. The van der Waals surface area contributed by atoms with Crippen molar-refractivity contribution in [2.45, 2.75) is 65.2 Å². The summed E-state index contributed by atoms with van der Waals surface area (Å²) in [5.74, 6) is -0.961. The van der Waals surface area contributed by atoms with Crippen molar-refractivity contribution in [2.75, 3.05) is 13.2 Å². The molecular weight excluding hydrogens is 232 g/mol. The van der Waals surface area contributed by atoms with Gasteiger partial charge in [0.15, 0.2) is 0 Å². The van der Waals surface area contributed by atoms with Crippen LogP contribution in [0.5, 0.6) is 0 Å². The average molecular weight is 258 g/mol. The number of hydrogen-bond acceptors (Lipinski definition) is 4. The number of hydrogen-bond donors (Lipinski definition) is 0. The van der Waals surface area contributed by atoms with Crippen LogP contribution in [0.25, 0.3) is 0 Å². The summed E-state index contributed by atoms with van der Waals surface area (Å²) < 4.78 is 9.87. The van der Waals surface area contributed by atoms with E-state index < -0.39 is 11.9 Å². The van der Waals surface area contributed by atoms with Crippen molar-refractivity contribution in [2.24, 2.45) is 0 Å². The van der Waals surface area contributed by atoms with Crippen LogP contribution in [-0.2, 0) is 19.1 Å². The van der Waals surface area contributed by atoms with E-state index >= 15 is 0 Å². The van der Waals surface area contributed by atoms with Crippen molar-refractivity contribution >= 4 is 11.9 Å². The second kappa shape index (κ2) is 12.4. The van der Waals surface area contributed by atoms with Gasteiger partial charge in [0, 0.05) is 0 Å². The van der Waals surface area contributed by atoms with Gasteiger partial charge < -0.3 is 9.47 Å². The van der Waals surface area contributed by atoms with E-state index in [2.05, 4.69) is 13.8 Å². The lowest BCUT2D eigenvalue weighted by atomic mass is 10.2. The van der Waals surface area contributed by atoms with Crippen LogP contribution >= 0.6 is 0 Å². The fourth-order valence-corrected chi connectivity index (χ4v) is 1.47. The molecule has 0 aromatic rings. The zero-order valence-electron chi connectivity index (χ0n) is 11.7. The second-order valence-electron chi connectivity index (χ2n) is 4.39. The van der Waals surface area contributed by atoms with Crippen LogP contribution in [0.1, 0.15) is 65.2 Å². The molecule has 18 heavy (non-hydrogen) atoms. The van der Waals surface area contributed by atoms with E-state index in [0.717, 1.165) is 44.9 Å². The molecule has 0 radical (unpaired) electrons. The molecule has 0 aromatic carbocycles. The lowest BCUT2D eigenvalue weighted by molar-refractivity contribution is -0.154. The molecule has 0 saturated carbocycles. The molecule has 0 bridgehead atoms. The number of ether oxygens (including phenoxy) is 2.